The highest BCUT2D eigenvalue weighted by atomic mass is 16.7. The largest absolute Gasteiger partial charge is 0.454 e. The van der Waals surface area contributed by atoms with Gasteiger partial charge < -0.3 is 25.0 Å². The van der Waals surface area contributed by atoms with Crippen molar-refractivity contribution >= 4 is 23.2 Å². The lowest BCUT2D eigenvalue weighted by molar-refractivity contribution is -0.885. The minimum Gasteiger partial charge on any atom is -0.454 e. The van der Waals surface area contributed by atoms with E-state index < -0.39 is 6.04 Å². The van der Waals surface area contributed by atoms with E-state index in [9.17, 15) is 9.59 Å². The summed E-state index contributed by atoms with van der Waals surface area (Å²) in [6.07, 6.45) is 0. The summed E-state index contributed by atoms with van der Waals surface area (Å²) in [5, 5.41) is 5.80. The number of amides is 2. The van der Waals surface area contributed by atoms with Crippen LogP contribution in [-0.2, 0) is 9.59 Å². The van der Waals surface area contributed by atoms with E-state index >= 15 is 0 Å². The molecule has 0 radical (unpaired) electrons. The molecule has 0 spiro atoms. The molecular formula is C21H26N3O4+. The van der Waals surface area contributed by atoms with Gasteiger partial charge in [0.2, 0.25) is 6.79 Å². The molecule has 148 valence electrons. The molecule has 7 heteroatoms. The fourth-order valence-corrected chi connectivity index (χ4v) is 2.94. The number of carbonyl (C=O) groups is 2. The molecule has 0 aliphatic carbocycles. The van der Waals surface area contributed by atoms with Gasteiger partial charge in [-0.3, -0.25) is 9.59 Å². The summed E-state index contributed by atoms with van der Waals surface area (Å²) in [7, 11) is 1.83. The van der Waals surface area contributed by atoms with E-state index in [1.807, 2.05) is 39.1 Å². The SMILES string of the molecule is Cc1cccc(NC(=O)C[NH+](C)[C@H](C)C(=O)Nc2ccc3c(c2)OCO3)c1C. The zero-order valence-electron chi connectivity index (χ0n) is 16.6. The molecule has 0 aromatic heterocycles. The molecule has 2 atom stereocenters. The lowest BCUT2D eigenvalue weighted by Gasteiger charge is -2.21. The van der Waals surface area contributed by atoms with Crippen LogP contribution in [0.2, 0.25) is 0 Å². The summed E-state index contributed by atoms with van der Waals surface area (Å²) in [5.41, 5.74) is 3.60. The van der Waals surface area contributed by atoms with Crippen molar-refractivity contribution in [2.45, 2.75) is 26.8 Å². The summed E-state index contributed by atoms with van der Waals surface area (Å²) in [5.74, 6) is 0.973. The fourth-order valence-electron chi connectivity index (χ4n) is 2.94. The third kappa shape index (κ3) is 4.43. The van der Waals surface area contributed by atoms with E-state index in [4.69, 9.17) is 9.47 Å². The molecule has 2 aromatic rings. The van der Waals surface area contributed by atoms with E-state index in [-0.39, 0.29) is 25.2 Å². The maximum Gasteiger partial charge on any atom is 0.282 e. The Balaban J connectivity index is 1.55. The Morgan fingerprint density at radius 3 is 2.64 bits per heavy atom. The molecule has 2 aromatic carbocycles. The summed E-state index contributed by atoms with van der Waals surface area (Å²) in [4.78, 5) is 25.8. The number of fused-ring (bicyclic) bond motifs is 1. The van der Waals surface area contributed by atoms with Gasteiger partial charge in [-0.05, 0) is 50.1 Å². The molecule has 0 saturated carbocycles. The standard InChI is InChI=1S/C21H25N3O4/c1-13-6-5-7-17(14(13)2)23-20(25)11-24(4)15(3)21(26)22-16-8-9-18-19(10-16)28-12-27-18/h5-10,15H,11-12H2,1-4H3,(H,22,26)(H,23,25)/p+1/t15-/m1/s1. The molecule has 3 rings (SSSR count). The molecule has 0 bridgehead atoms. The predicted octanol–water partition coefficient (Wildman–Crippen LogP) is 1.51. The number of hydrogen-bond acceptors (Lipinski definition) is 4. The van der Waals surface area contributed by atoms with Crippen LogP contribution in [0.1, 0.15) is 18.1 Å². The van der Waals surface area contributed by atoms with Crippen molar-refractivity contribution in [1.29, 1.82) is 0 Å². The van der Waals surface area contributed by atoms with Crippen molar-refractivity contribution in [2.24, 2.45) is 0 Å². The van der Waals surface area contributed by atoms with Crippen molar-refractivity contribution in [3.63, 3.8) is 0 Å². The second-order valence-corrected chi connectivity index (χ2v) is 7.10. The number of nitrogens with one attached hydrogen (secondary N) is 3. The summed E-state index contributed by atoms with van der Waals surface area (Å²) >= 11 is 0. The Morgan fingerprint density at radius 2 is 1.86 bits per heavy atom. The summed E-state index contributed by atoms with van der Waals surface area (Å²) in [6, 6.07) is 10.6. The van der Waals surface area contributed by atoms with Crippen LogP contribution in [0.3, 0.4) is 0 Å². The average molecular weight is 384 g/mol. The lowest BCUT2D eigenvalue weighted by Crippen LogP contribution is -3.14. The Labute approximate surface area is 164 Å². The van der Waals surface area contributed by atoms with Gasteiger partial charge in [0.1, 0.15) is 0 Å². The van der Waals surface area contributed by atoms with Crippen LogP contribution in [0.5, 0.6) is 11.5 Å². The van der Waals surface area contributed by atoms with Crippen molar-refractivity contribution in [3.8, 4) is 11.5 Å². The van der Waals surface area contributed by atoms with Crippen LogP contribution in [0.15, 0.2) is 36.4 Å². The first kappa shape index (κ1) is 19.7. The van der Waals surface area contributed by atoms with Gasteiger partial charge in [0.25, 0.3) is 11.8 Å². The molecule has 28 heavy (non-hydrogen) atoms. The highest BCUT2D eigenvalue weighted by Gasteiger charge is 2.25. The quantitative estimate of drug-likeness (QED) is 0.705. The Bertz CT molecular complexity index is 897. The van der Waals surface area contributed by atoms with Crippen LogP contribution in [-0.4, -0.2) is 38.2 Å². The number of likely N-dealkylation sites (N-methyl/N-ethyl adjacent to an activating group) is 1. The van der Waals surface area contributed by atoms with Crippen LogP contribution in [0.4, 0.5) is 11.4 Å². The van der Waals surface area contributed by atoms with Crippen molar-refractivity contribution < 1.29 is 24.0 Å². The maximum atomic E-state index is 12.6. The molecule has 1 heterocycles. The van der Waals surface area contributed by atoms with Gasteiger partial charge in [0, 0.05) is 17.4 Å². The van der Waals surface area contributed by atoms with Gasteiger partial charge in [-0.25, -0.2) is 0 Å². The van der Waals surface area contributed by atoms with Crippen molar-refractivity contribution in [2.75, 3.05) is 31.0 Å². The Hall–Kier alpha value is -3.06. The molecule has 0 fully saturated rings. The molecule has 0 saturated heterocycles. The number of carbonyl (C=O) groups excluding carboxylic acids is 2. The topological polar surface area (TPSA) is 81.1 Å². The fraction of sp³-hybridized carbons (Fsp3) is 0.333. The third-order valence-corrected chi connectivity index (χ3v) is 5.09. The van der Waals surface area contributed by atoms with Crippen LogP contribution in [0.25, 0.3) is 0 Å². The van der Waals surface area contributed by atoms with Crippen molar-refractivity contribution in [3.05, 3.63) is 47.5 Å². The Morgan fingerprint density at radius 1 is 1.11 bits per heavy atom. The highest BCUT2D eigenvalue weighted by molar-refractivity contribution is 5.95. The summed E-state index contributed by atoms with van der Waals surface area (Å²) < 4.78 is 10.6. The van der Waals surface area contributed by atoms with E-state index in [1.54, 1.807) is 25.1 Å². The lowest BCUT2D eigenvalue weighted by atomic mass is 10.1. The normalized spacial score (nSPS) is 14.3. The van der Waals surface area contributed by atoms with Gasteiger partial charge in [-0.1, -0.05) is 12.1 Å². The summed E-state index contributed by atoms with van der Waals surface area (Å²) in [6.45, 7) is 6.14. The average Bonchev–Trinajstić information content (AvgIpc) is 3.12. The van der Waals surface area contributed by atoms with Crippen LogP contribution in [0, 0.1) is 13.8 Å². The number of ether oxygens (including phenoxy) is 2. The predicted molar refractivity (Wildman–Crippen MR) is 107 cm³/mol. The molecular weight excluding hydrogens is 358 g/mol. The van der Waals surface area contributed by atoms with Crippen LogP contribution < -0.4 is 25.0 Å². The van der Waals surface area contributed by atoms with E-state index in [0.29, 0.717) is 17.2 Å². The first-order valence-corrected chi connectivity index (χ1v) is 9.24. The number of benzene rings is 2. The number of hydrogen-bond donors (Lipinski definition) is 3. The maximum absolute atomic E-state index is 12.6. The minimum atomic E-state index is -0.408. The molecule has 1 aliphatic rings. The number of aryl methyl sites for hydroxylation is 1. The van der Waals surface area contributed by atoms with Gasteiger partial charge in [0.05, 0.1) is 7.05 Å². The number of quaternary nitrogens is 1. The van der Waals surface area contributed by atoms with E-state index in [0.717, 1.165) is 21.7 Å². The van der Waals surface area contributed by atoms with Crippen molar-refractivity contribution in [1.82, 2.24) is 0 Å². The first-order chi connectivity index (χ1) is 13.3. The van der Waals surface area contributed by atoms with Gasteiger partial charge in [-0.2, -0.15) is 0 Å². The number of rotatable bonds is 6. The third-order valence-electron chi connectivity index (χ3n) is 5.09. The van der Waals surface area contributed by atoms with Gasteiger partial charge in [0.15, 0.2) is 24.1 Å². The zero-order valence-corrected chi connectivity index (χ0v) is 16.6. The van der Waals surface area contributed by atoms with Crippen LogP contribution >= 0.6 is 0 Å². The van der Waals surface area contributed by atoms with Gasteiger partial charge in [-0.15, -0.1) is 0 Å². The minimum absolute atomic E-state index is 0.131. The Kier molecular flexibility index (Phi) is 5.84. The monoisotopic (exact) mass is 384 g/mol. The smallest absolute Gasteiger partial charge is 0.282 e. The molecule has 2 amide bonds. The molecule has 1 unspecified atom stereocenters. The zero-order chi connectivity index (χ0) is 20.3. The highest BCUT2D eigenvalue weighted by Crippen LogP contribution is 2.34. The second-order valence-electron chi connectivity index (χ2n) is 7.10. The van der Waals surface area contributed by atoms with E-state index in [2.05, 4.69) is 10.6 Å². The molecule has 1 aliphatic heterocycles. The van der Waals surface area contributed by atoms with Gasteiger partial charge >= 0.3 is 0 Å². The molecule has 7 nitrogen and oxygen atoms in total. The number of anilines is 2. The van der Waals surface area contributed by atoms with E-state index in [1.165, 1.54) is 0 Å². The second kappa shape index (κ2) is 8.31. The first-order valence-electron chi connectivity index (χ1n) is 9.24. The molecule has 3 N–H and O–H groups in total.